The summed E-state index contributed by atoms with van der Waals surface area (Å²) in [4.78, 5) is 24.2. The van der Waals surface area contributed by atoms with E-state index < -0.39 is 17.8 Å². The van der Waals surface area contributed by atoms with Crippen LogP contribution in [0.15, 0.2) is 48.5 Å². The van der Waals surface area contributed by atoms with Crippen molar-refractivity contribution in [2.75, 3.05) is 6.61 Å². The van der Waals surface area contributed by atoms with Gasteiger partial charge in [-0.2, -0.15) is 5.48 Å². The van der Waals surface area contributed by atoms with Crippen LogP contribution in [0.1, 0.15) is 30.9 Å². The zero-order valence-corrected chi connectivity index (χ0v) is 14.2. The molecule has 3 rings (SSSR count). The average molecular weight is 339 g/mol. The van der Waals surface area contributed by atoms with Gasteiger partial charge in [0.15, 0.2) is 0 Å². The first kappa shape index (κ1) is 17.3. The molecule has 5 nitrogen and oxygen atoms in total. The molecule has 25 heavy (non-hydrogen) atoms. The van der Waals surface area contributed by atoms with E-state index in [1.54, 1.807) is 13.8 Å². The quantitative estimate of drug-likeness (QED) is 0.481. The zero-order chi connectivity index (χ0) is 18.0. The highest BCUT2D eigenvalue weighted by atomic mass is 16.5. The van der Waals surface area contributed by atoms with Gasteiger partial charge in [-0.15, -0.1) is 0 Å². The van der Waals surface area contributed by atoms with Gasteiger partial charge in [-0.3, -0.25) is 4.79 Å². The van der Waals surface area contributed by atoms with Crippen molar-refractivity contribution in [1.29, 1.82) is 0 Å². The summed E-state index contributed by atoms with van der Waals surface area (Å²) in [5.41, 5.74) is 6.32. The third-order valence-electron chi connectivity index (χ3n) is 4.63. The Morgan fingerprint density at radius 3 is 2.04 bits per heavy atom. The van der Waals surface area contributed by atoms with E-state index in [1.165, 1.54) is 0 Å². The van der Waals surface area contributed by atoms with Crippen LogP contribution in [-0.2, 0) is 14.3 Å². The number of ether oxygens (including phenoxy) is 1. The smallest absolute Gasteiger partial charge is 0.376 e. The molecule has 0 bridgehead atoms. The number of nitrogens with one attached hydrogen (secondary N) is 1. The van der Waals surface area contributed by atoms with Gasteiger partial charge in [0, 0.05) is 5.92 Å². The Morgan fingerprint density at radius 1 is 1.04 bits per heavy atom. The summed E-state index contributed by atoms with van der Waals surface area (Å²) < 4.78 is 5.29. The number of benzene rings is 2. The van der Waals surface area contributed by atoms with Crippen molar-refractivity contribution in [2.24, 2.45) is 5.92 Å². The summed E-state index contributed by atoms with van der Waals surface area (Å²) in [5, 5.41) is 9.08. The average Bonchev–Trinajstić information content (AvgIpc) is 2.94. The lowest BCUT2D eigenvalue weighted by atomic mass is 9.98. The van der Waals surface area contributed by atoms with E-state index in [4.69, 9.17) is 9.94 Å². The second-order valence-electron chi connectivity index (χ2n) is 6.54. The number of hydrogen-bond acceptors (Lipinski definition) is 5. The fourth-order valence-electron chi connectivity index (χ4n) is 3.31. The molecule has 0 unspecified atom stereocenters. The van der Waals surface area contributed by atoms with Crippen molar-refractivity contribution >= 4 is 11.8 Å². The molecule has 0 radical (unpaired) electrons. The van der Waals surface area contributed by atoms with Crippen LogP contribution in [-0.4, -0.2) is 29.6 Å². The predicted octanol–water partition coefficient (Wildman–Crippen LogP) is 2.91. The van der Waals surface area contributed by atoms with E-state index in [9.17, 15) is 9.59 Å². The van der Waals surface area contributed by atoms with Gasteiger partial charge in [0.1, 0.15) is 12.6 Å². The Kier molecular flexibility index (Phi) is 4.97. The van der Waals surface area contributed by atoms with Crippen LogP contribution in [0.4, 0.5) is 0 Å². The van der Waals surface area contributed by atoms with Crippen molar-refractivity contribution in [1.82, 2.24) is 5.48 Å². The number of ketones is 1. The van der Waals surface area contributed by atoms with Gasteiger partial charge < -0.3 is 9.94 Å². The van der Waals surface area contributed by atoms with Crippen molar-refractivity contribution in [3.8, 4) is 11.1 Å². The van der Waals surface area contributed by atoms with E-state index in [0.29, 0.717) is 0 Å². The van der Waals surface area contributed by atoms with E-state index in [2.05, 4.69) is 0 Å². The van der Waals surface area contributed by atoms with Gasteiger partial charge in [0.25, 0.3) is 5.78 Å². The molecule has 0 saturated carbocycles. The minimum absolute atomic E-state index is 0.0921. The molecule has 0 fully saturated rings. The molecule has 2 N–H and O–H groups in total. The first-order chi connectivity index (χ1) is 12.0. The van der Waals surface area contributed by atoms with E-state index in [-0.39, 0.29) is 18.4 Å². The maximum absolute atomic E-state index is 12.1. The number of rotatable bonds is 6. The number of carbonyl (C=O) groups is 2. The first-order valence-corrected chi connectivity index (χ1v) is 8.33. The molecule has 130 valence electrons. The van der Waals surface area contributed by atoms with Crippen LogP contribution in [0.3, 0.4) is 0 Å². The van der Waals surface area contributed by atoms with E-state index >= 15 is 0 Å². The van der Waals surface area contributed by atoms with Gasteiger partial charge in [-0.1, -0.05) is 62.4 Å². The Labute approximate surface area is 146 Å². The summed E-state index contributed by atoms with van der Waals surface area (Å²) in [6.07, 6.45) is 0. The number of hydroxylamine groups is 1. The van der Waals surface area contributed by atoms with Gasteiger partial charge in [-0.25, -0.2) is 4.79 Å². The number of esters is 1. The van der Waals surface area contributed by atoms with E-state index in [1.807, 2.05) is 54.0 Å². The summed E-state index contributed by atoms with van der Waals surface area (Å²) in [5.74, 6) is -2.01. The molecule has 5 heteroatoms. The Hall–Kier alpha value is -2.50. The molecular formula is C20H21NO4. The van der Waals surface area contributed by atoms with Crippen LogP contribution < -0.4 is 5.48 Å². The minimum atomic E-state index is -0.962. The molecular weight excluding hydrogens is 318 g/mol. The number of hydrogen-bond donors (Lipinski definition) is 2. The second-order valence-corrected chi connectivity index (χ2v) is 6.54. The first-order valence-electron chi connectivity index (χ1n) is 8.33. The molecule has 2 aromatic rings. The number of fused-ring (bicyclic) bond motifs is 3. The summed E-state index contributed by atoms with van der Waals surface area (Å²) in [6, 6.07) is 15.0. The lowest BCUT2D eigenvalue weighted by Crippen LogP contribution is -2.43. The third-order valence-corrected chi connectivity index (χ3v) is 4.63. The highest BCUT2D eigenvalue weighted by Crippen LogP contribution is 2.44. The predicted molar refractivity (Wildman–Crippen MR) is 93.2 cm³/mol. The minimum Gasteiger partial charge on any atom is -0.459 e. The fraction of sp³-hybridized carbons (Fsp3) is 0.300. The highest BCUT2D eigenvalue weighted by molar-refractivity contribution is 6.35. The maximum Gasteiger partial charge on any atom is 0.376 e. The van der Waals surface area contributed by atoms with Crippen molar-refractivity contribution in [2.45, 2.75) is 25.8 Å². The zero-order valence-electron chi connectivity index (χ0n) is 14.2. The topological polar surface area (TPSA) is 75.6 Å². The van der Waals surface area contributed by atoms with Crippen LogP contribution in [0.25, 0.3) is 11.1 Å². The summed E-state index contributed by atoms with van der Waals surface area (Å²) in [7, 11) is 0. The van der Waals surface area contributed by atoms with Crippen molar-refractivity contribution in [3.63, 3.8) is 0 Å². The molecule has 1 aliphatic rings. The maximum atomic E-state index is 12.1. The normalized spacial score (nSPS) is 14.1. The molecule has 0 heterocycles. The standard InChI is InChI=1S/C20H21NO4/c1-12(2)18(21-24)19(22)20(23)25-11-17-15-9-5-3-7-13(15)14-8-4-6-10-16(14)17/h3-10,12,17-18,21,24H,11H2,1-2H3/t18-/m0/s1. The van der Waals surface area contributed by atoms with Crippen molar-refractivity contribution in [3.05, 3.63) is 59.7 Å². The largest absolute Gasteiger partial charge is 0.459 e. The van der Waals surface area contributed by atoms with Gasteiger partial charge in [0.2, 0.25) is 0 Å². The molecule has 1 aliphatic carbocycles. The molecule has 0 spiro atoms. The SMILES string of the molecule is CC(C)[C@H](NO)C(=O)C(=O)OCC1c2ccccc2-c2ccccc21. The van der Waals surface area contributed by atoms with Crippen LogP contribution in [0.5, 0.6) is 0 Å². The van der Waals surface area contributed by atoms with Gasteiger partial charge in [-0.05, 0) is 28.2 Å². The van der Waals surface area contributed by atoms with Crippen LogP contribution in [0.2, 0.25) is 0 Å². The summed E-state index contributed by atoms with van der Waals surface area (Å²) in [6.45, 7) is 3.57. The monoisotopic (exact) mass is 339 g/mol. The number of carbonyl (C=O) groups excluding carboxylic acids is 2. The van der Waals surface area contributed by atoms with E-state index in [0.717, 1.165) is 22.3 Å². The second kappa shape index (κ2) is 7.17. The van der Waals surface area contributed by atoms with Crippen molar-refractivity contribution < 1.29 is 19.5 Å². The molecule has 0 amide bonds. The highest BCUT2D eigenvalue weighted by Gasteiger charge is 2.32. The lowest BCUT2D eigenvalue weighted by Gasteiger charge is -2.18. The van der Waals surface area contributed by atoms with Gasteiger partial charge in [0.05, 0.1) is 0 Å². The molecule has 1 atom stereocenters. The van der Waals surface area contributed by atoms with Crippen LogP contribution in [0, 0.1) is 5.92 Å². The Bertz CT molecular complexity index is 754. The molecule has 2 aromatic carbocycles. The number of Topliss-reactive ketones (excluding diaryl/α,β-unsaturated/α-hetero) is 1. The summed E-state index contributed by atoms with van der Waals surface area (Å²) >= 11 is 0. The molecule has 0 saturated heterocycles. The third kappa shape index (κ3) is 3.21. The lowest BCUT2D eigenvalue weighted by molar-refractivity contribution is -0.156. The Morgan fingerprint density at radius 2 is 1.56 bits per heavy atom. The molecule has 0 aliphatic heterocycles. The van der Waals surface area contributed by atoms with Gasteiger partial charge >= 0.3 is 5.97 Å². The Balaban J connectivity index is 1.78. The van der Waals surface area contributed by atoms with Crippen LogP contribution >= 0.6 is 0 Å². The fourth-order valence-corrected chi connectivity index (χ4v) is 3.31. The molecule has 0 aromatic heterocycles.